The third-order valence-electron chi connectivity index (χ3n) is 3.42. The average Bonchev–Trinajstić information content (AvgIpc) is 2.33. The fourth-order valence-electron chi connectivity index (χ4n) is 2.40. The van der Waals surface area contributed by atoms with Crippen LogP contribution in [0.4, 0.5) is 11.5 Å². The van der Waals surface area contributed by atoms with Gasteiger partial charge in [0, 0.05) is 25.2 Å². The largest absolute Gasteiger partial charge is 0.481 e. The van der Waals surface area contributed by atoms with Gasteiger partial charge in [0.05, 0.1) is 5.69 Å². The van der Waals surface area contributed by atoms with Crippen molar-refractivity contribution < 1.29 is 9.90 Å². The normalized spacial score (nSPS) is 16.8. The highest BCUT2D eigenvalue weighted by Crippen LogP contribution is 2.27. The second kappa shape index (κ2) is 5.25. The number of rotatable bonds is 3. The smallest absolute Gasteiger partial charge is 0.303 e. The van der Waals surface area contributed by atoms with E-state index in [0.717, 1.165) is 37.4 Å². The van der Waals surface area contributed by atoms with Crippen LogP contribution in [0.1, 0.15) is 25.0 Å². The van der Waals surface area contributed by atoms with Crippen LogP contribution in [0.3, 0.4) is 0 Å². The van der Waals surface area contributed by atoms with E-state index in [-0.39, 0.29) is 12.3 Å². The lowest BCUT2D eigenvalue weighted by Gasteiger charge is -2.33. The quantitative estimate of drug-likeness (QED) is 0.851. The number of hydrogen-bond acceptors (Lipinski definition) is 4. The molecule has 0 radical (unpaired) electrons. The fourth-order valence-corrected chi connectivity index (χ4v) is 2.40. The number of aryl methyl sites for hydroxylation is 1. The van der Waals surface area contributed by atoms with Gasteiger partial charge in [-0.05, 0) is 37.8 Å². The van der Waals surface area contributed by atoms with Gasteiger partial charge in [-0.2, -0.15) is 0 Å². The summed E-state index contributed by atoms with van der Waals surface area (Å²) in [4.78, 5) is 17.3. The summed E-state index contributed by atoms with van der Waals surface area (Å²) in [6.07, 6.45) is 2.05. The van der Waals surface area contributed by atoms with Crippen molar-refractivity contribution in [2.24, 2.45) is 5.92 Å². The van der Waals surface area contributed by atoms with E-state index >= 15 is 0 Å². The summed E-state index contributed by atoms with van der Waals surface area (Å²) in [5.41, 5.74) is 7.58. The summed E-state index contributed by atoms with van der Waals surface area (Å²) in [6.45, 7) is 3.61. The van der Waals surface area contributed by atoms with E-state index in [1.807, 2.05) is 19.1 Å². The molecule has 18 heavy (non-hydrogen) atoms. The molecule has 0 bridgehead atoms. The lowest BCUT2D eigenvalue weighted by Crippen LogP contribution is -2.35. The highest BCUT2D eigenvalue weighted by Gasteiger charge is 2.23. The minimum atomic E-state index is -0.707. The number of aromatic nitrogens is 1. The van der Waals surface area contributed by atoms with Crippen molar-refractivity contribution in [3.8, 4) is 0 Å². The lowest BCUT2D eigenvalue weighted by atomic mass is 9.93. The van der Waals surface area contributed by atoms with Crippen LogP contribution in [-0.4, -0.2) is 29.1 Å². The Morgan fingerprint density at radius 3 is 2.78 bits per heavy atom. The number of carboxylic acids is 1. The zero-order valence-electron chi connectivity index (χ0n) is 10.6. The number of nitrogens with zero attached hydrogens (tertiary/aromatic N) is 2. The Hall–Kier alpha value is -1.78. The molecule has 1 fully saturated rings. The molecule has 0 saturated carbocycles. The molecule has 1 aromatic rings. The molecular formula is C13H19N3O2. The van der Waals surface area contributed by atoms with Crippen LogP contribution in [0.2, 0.25) is 0 Å². The molecule has 1 saturated heterocycles. The Balaban J connectivity index is 2.01. The number of pyridine rings is 1. The average molecular weight is 249 g/mol. The Labute approximate surface area is 107 Å². The highest BCUT2D eigenvalue weighted by atomic mass is 16.4. The molecule has 2 rings (SSSR count). The Morgan fingerprint density at radius 2 is 2.17 bits per heavy atom. The molecule has 0 unspecified atom stereocenters. The van der Waals surface area contributed by atoms with E-state index in [9.17, 15) is 4.79 Å². The first-order valence-corrected chi connectivity index (χ1v) is 6.26. The lowest BCUT2D eigenvalue weighted by molar-refractivity contribution is -0.138. The summed E-state index contributed by atoms with van der Waals surface area (Å²) in [5.74, 6) is 0.412. The molecule has 2 heterocycles. The predicted molar refractivity (Wildman–Crippen MR) is 70.6 cm³/mol. The van der Waals surface area contributed by atoms with E-state index in [4.69, 9.17) is 10.8 Å². The van der Waals surface area contributed by atoms with Crippen LogP contribution in [0.25, 0.3) is 0 Å². The summed E-state index contributed by atoms with van der Waals surface area (Å²) in [5, 5.41) is 8.78. The van der Waals surface area contributed by atoms with Crippen LogP contribution < -0.4 is 10.6 Å². The molecule has 1 aromatic heterocycles. The zero-order valence-corrected chi connectivity index (χ0v) is 10.6. The first-order valence-electron chi connectivity index (χ1n) is 6.26. The molecule has 0 aliphatic carbocycles. The summed E-state index contributed by atoms with van der Waals surface area (Å²) >= 11 is 0. The van der Waals surface area contributed by atoms with Crippen LogP contribution in [0.5, 0.6) is 0 Å². The second-order valence-corrected chi connectivity index (χ2v) is 4.89. The standard InChI is InChI=1S/C13H19N3O2/c1-9-2-3-11(14)13(15-9)16-6-4-10(5-7-16)8-12(17)18/h2-3,10H,4-8,14H2,1H3,(H,17,18). The van der Waals surface area contributed by atoms with Crippen molar-refractivity contribution in [3.05, 3.63) is 17.8 Å². The van der Waals surface area contributed by atoms with E-state index in [0.29, 0.717) is 5.69 Å². The molecule has 0 spiro atoms. The van der Waals surface area contributed by atoms with E-state index in [1.165, 1.54) is 0 Å². The molecule has 0 amide bonds. The van der Waals surface area contributed by atoms with Gasteiger partial charge in [-0.15, -0.1) is 0 Å². The number of carbonyl (C=O) groups is 1. The van der Waals surface area contributed by atoms with Crippen LogP contribution in [-0.2, 0) is 4.79 Å². The third kappa shape index (κ3) is 2.91. The summed E-state index contributed by atoms with van der Waals surface area (Å²) < 4.78 is 0. The van der Waals surface area contributed by atoms with Gasteiger partial charge in [0.1, 0.15) is 0 Å². The molecule has 0 aromatic carbocycles. The molecule has 0 atom stereocenters. The minimum Gasteiger partial charge on any atom is -0.481 e. The maximum absolute atomic E-state index is 10.7. The van der Waals surface area contributed by atoms with Gasteiger partial charge in [0.15, 0.2) is 5.82 Å². The van der Waals surface area contributed by atoms with E-state index in [1.54, 1.807) is 0 Å². The van der Waals surface area contributed by atoms with Crippen LogP contribution >= 0.6 is 0 Å². The number of nitrogen functional groups attached to an aromatic ring is 1. The molecule has 1 aliphatic heterocycles. The van der Waals surface area contributed by atoms with Crippen molar-refractivity contribution in [2.45, 2.75) is 26.2 Å². The Bertz CT molecular complexity index is 440. The summed E-state index contributed by atoms with van der Waals surface area (Å²) in [7, 11) is 0. The second-order valence-electron chi connectivity index (χ2n) is 4.89. The monoisotopic (exact) mass is 249 g/mol. The number of aliphatic carboxylic acids is 1. The minimum absolute atomic E-state index is 0.268. The first-order chi connectivity index (χ1) is 8.56. The fraction of sp³-hybridized carbons (Fsp3) is 0.538. The van der Waals surface area contributed by atoms with Crippen molar-refractivity contribution in [1.82, 2.24) is 4.98 Å². The summed E-state index contributed by atoms with van der Waals surface area (Å²) in [6, 6.07) is 3.77. The van der Waals surface area contributed by atoms with Crippen molar-refractivity contribution in [1.29, 1.82) is 0 Å². The maximum atomic E-state index is 10.7. The van der Waals surface area contributed by atoms with Gasteiger partial charge in [0.2, 0.25) is 0 Å². The van der Waals surface area contributed by atoms with Gasteiger partial charge in [0.25, 0.3) is 0 Å². The number of nitrogens with two attached hydrogens (primary N) is 1. The molecule has 3 N–H and O–H groups in total. The van der Waals surface area contributed by atoms with E-state index < -0.39 is 5.97 Å². The van der Waals surface area contributed by atoms with Crippen LogP contribution in [0.15, 0.2) is 12.1 Å². The Kier molecular flexibility index (Phi) is 3.69. The number of anilines is 2. The number of hydrogen-bond donors (Lipinski definition) is 2. The maximum Gasteiger partial charge on any atom is 0.303 e. The van der Waals surface area contributed by atoms with Gasteiger partial charge in [-0.3, -0.25) is 4.79 Å². The highest BCUT2D eigenvalue weighted by molar-refractivity contribution is 5.67. The van der Waals surface area contributed by atoms with Gasteiger partial charge in [-0.1, -0.05) is 0 Å². The molecule has 5 nitrogen and oxygen atoms in total. The molecular weight excluding hydrogens is 230 g/mol. The predicted octanol–water partition coefficient (Wildman–Crippen LogP) is 1.66. The van der Waals surface area contributed by atoms with Crippen molar-refractivity contribution in [3.63, 3.8) is 0 Å². The van der Waals surface area contributed by atoms with Gasteiger partial charge < -0.3 is 15.7 Å². The SMILES string of the molecule is Cc1ccc(N)c(N2CCC(CC(=O)O)CC2)n1. The molecule has 1 aliphatic rings. The van der Waals surface area contributed by atoms with Gasteiger partial charge >= 0.3 is 5.97 Å². The molecule has 98 valence electrons. The van der Waals surface area contributed by atoms with E-state index in [2.05, 4.69) is 9.88 Å². The first kappa shape index (κ1) is 12.7. The van der Waals surface area contributed by atoms with Crippen LogP contribution in [0, 0.1) is 12.8 Å². The van der Waals surface area contributed by atoms with Gasteiger partial charge in [-0.25, -0.2) is 4.98 Å². The number of carboxylic acid groups (broad SMARTS) is 1. The number of piperidine rings is 1. The third-order valence-corrected chi connectivity index (χ3v) is 3.42. The van der Waals surface area contributed by atoms with Crippen molar-refractivity contribution in [2.75, 3.05) is 23.7 Å². The topological polar surface area (TPSA) is 79.5 Å². The molecule has 5 heteroatoms. The zero-order chi connectivity index (χ0) is 13.1. The Morgan fingerprint density at radius 1 is 1.50 bits per heavy atom. The van der Waals surface area contributed by atoms with Crippen molar-refractivity contribution >= 4 is 17.5 Å².